The Labute approximate surface area is 199 Å². The average molecular weight is 453 g/mol. The van der Waals surface area contributed by atoms with E-state index < -0.39 is 0 Å². The summed E-state index contributed by atoms with van der Waals surface area (Å²) in [5.74, 6) is -0.571. The number of ether oxygens (including phenoxy) is 2. The van der Waals surface area contributed by atoms with E-state index >= 15 is 0 Å². The van der Waals surface area contributed by atoms with Gasteiger partial charge in [-0.2, -0.15) is 0 Å². The number of esters is 1. The molecule has 0 saturated heterocycles. The van der Waals surface area contributed by atoms with Gasteiger partial charge >= 0.3 is 5.97 Å². The molecule has 0 aliphatic carbocycles. The van der Waals surface area contributed by atoms with Crippen molar-refractivity contribution in [3.8, 4) is 0 Å². The lowest BCUT2D eigenvalue weighted by Gasteiger charge is -2.17. The lowest BCUT2D eigenvalue weighted by molar-refractivity contribution is -0.146. The van der Waals surface area contributed by atoms with Gasteiger partial charge in [-0.25, -0.2) is 0 Å². The van der Waals surface area contributed by atoms with Gasteiger partial charge in [0, 0.05) is 5.56 Å². The quantitative estimate of drug-likeness (QED) is 0.135. The Balaban J connectivity index is 1.72. The predicted octanol–water partition coefficient (Wildman–Crippen LogP) is 7.31. The minimum Gasteiger partial charge on any atom is -0.457 e. The van der Waals surface area contributed by atoms with Crippen LogP contribution in [-0.2, 0) is 20.9 Å². The molecule has 0 saturated carbocycles. The number of rotatable bonds is 18. The second-order valence-corrected chi connectivity index (χ2v) is 8.69. The highest BCUT2D eigenvalue weighted by molar-refractivity contribution is 5.97. The maximum atomic E-state index is 12.4. The van der Waals surface area contributed by atoms with Gasteiger partial charge in [0.25, 0.3) is 0 Å². The molecule has 180 valence electrons. The van der Waals surface area contributed by atoms with Gasteiger partial charge in [0.15, 0.2) is 12.4 Å². The van der Waals surface area contributed by atoms with Gasteiger partial charge in [-0.05, 0) is 12.0 Å². The normalized spacial score (nSPS) is 11.8. The maximum absolute atomic E-state index is 12.4. The Hall–Kier alpha value is -2.46. The fourth-order valence-corrected chi connectivity index (χ4v) is 3.81. The fourth-order valence-electron chi connectivity index (χ4n) is 3.81. The van der Waals surface area contributed by atoms with Gasteiger partial charge < -0.3 is 9.47 Å². The van der Waals surface area contributed by atoms with E-state index in [0.29, 0.717) is 12.2 Å². The first-order valence-corrected chi connectivity index (χ1v) is 12.6. The Morgan fingerprint density at radius 3 is 1.97 bits per heavy atom. The molecule has 0 radical (unpaired) electrons. The molecule has 2 rings (SSSR count). The van der Waals surface area contributed by atoms with Crippen LogP contribution in [0.25, 0.3) is 0 Å². The maximum Gasteiger partial charge on any atom is 0.308 e. The lowest BCUT2D eigenvalue weighted by Crippen LogP contribution is -2.22. The van der Waals surface area contributed by atoms with Crippen molar-refractivity contribution >= 4 is 11.8 Å². The monoisotopic (exact) mass is 452 g/mol. The number of Topliss-reactive ketones (excluding diaryl/α,β-unsaturated/α-hetero) is 1. The number of benzene rings is 2. The molecule has 0 amide bonds. The zero-order valence-corrected chi connectivity index (χ0v) is 20.2. The summed E-state index contributed by atoms with van der Waals surface area (Å²) in [5.41, 5.74) is 1.64. The van der Waals surface area contributed by atoms with Crippen LogP contribution < -0.4 is 0 Å². The highest BCUT2D eigenvalue weighted by Gasteiger charge is 2.17. The minimum absolute atomic E-state index is 0.173. The largest absolute Gasteiger partial charge is 0.457 e. The topological polar surface area (TPSA) is 52.6 Å². The Morgan fingerprint density at radius 2 is 1.33 bits per heavy atom. The van der Waals surface area contributed by atoms with Crippen LogP contribution >= 0.6 is 0 Å². The third-order valence-corrected chi connectivity index (χ3v) is 5.81. The molecule has 0 fully saturated rings. The van der Waals surface area contributed by atoms with E-state index in [-0.39, 0.29) is 30.9 Å². The average Bonchev–Trinajstić information content (AvgIpc) is 2.85. The van der Waals surface area contributed by atoms with Gasteiger partial charge in [0.1, 0.15) is 0 Å². The zero-order valence-electron chi connectivity index (χ0n) is 20.2. The number of carbonyl (C=O) groups excluding carboxylic acids is 2. The molecule has 0 aliphatic heterocycles. The first-order chi connectivity index (χ1) is 16.2. The molecule has 2 aromatic rings. The second-order valence-electron chi connectivity index (χ2n) is 8.69. The van der Waals surface area contributed by atoms with E-state index in [1.807, 2.05) is 36.4 Å². The molecule has 0 aromatic heterocycles. The first kappa shape index (κ1) is 26.8. The van der Waals surface area contributed by atoms with Crippen LogP contribution in [0.15, 0.2) is 60.7 Å². The third kappa shape index (κ3) is 12.4. The molecule has 4 heteroatoms. The molecule has 0 N–H and O–H groups in total. The van der Waals surface area contributed by atoms with Crippen LogP contribution in [0.2, 0.25) is 0 Å². The Morgan fingerprint density at radius 1 is 0.758 bits per heavy atom. The zero-order chi connectivity index (χ0) is 23.6. The van der Waals surface area contributed by atoms with E-state index in [1.165, 1.54) is 44.9 Å². The van der Waals surface area contributed by atoms with E-state index in [9.17, 15) is 9.59 Å². The van der Waals surface area contributed by atoms with Crippen LogP contribution in [-0.4, -0.2) is 24.5 Å². The van der Waals surface area contributed by atoms with Gasteiger partial charge in [-0.3, -0.25) is 9.59 Å². The summed E-state index contributed by atoms with van der Waals surface area (Å²) in [7, 11) is 0. The minimum atomic E-state index is -0.381. The molecule has 4 nitrogen and oxygen atoms in total. The summed E-state index contributed by atoms with van der Waals surface area (Å²) < 4.78 is 11.3. The van der Waals surface area contributed by atoms with Gasteiger partial charge in [-0.1, -0.05) is 125 Å². The third-order valence-electron chi connectivity index (χ3n) is 5.81. The molecular formula is C29H40O4. The molecule has 0 heterocycles. The molecule has 2 aromatic carbocycles. The highest BCUT2D eigenvalue weighted by atomic mass is 16.5. The summed E-state index contributed by atoms with van der Waals surface area (Å²) >= 11 is 0. The summed E-state index contributed by atoms with van der Waals surface area (Å²) in [6.07, 6.45) is 12.1. The second kappa shape index (κ2) is 17.1. The van der Waals surface area contributed by atoms with Crippen molar-refractivity contribution in [3.63, 3.8) is 0 Å². The summed E-state index contributed by atoms with van der Waals surface area (Å²) in [5, 5.41) is 0. The van der Waals surface area contributed by atoms with Crippen molar-refractivity contribution in [1.29, 1.82) is 0 Å². The Kier molecular flexibility index (Phi) is 13.9. The first-order valence-electron chi connectivity index (χ1n) is 12.6. The van der Waals surface area contributed by atoms with Crippen LogP contribution in [0.4, 0.5) is 0 Å². The van der Waals surface area contributed by atoms with Gasteiger partial charge in [0.2, 0.25) is 0 Å². The summed E-state index contributed by atoms with van der Waals surface area (Å²) in [6, 6.07) is 18.9. The number of carbonyl (C=O) groups is 2. The SMILES string of the molecule is CCCCCCCCCCC[C@H](CC(=O)OCC(=O)c1ccccc1)OCc1ccccc1. The van der Waals surface area contributed by atoms with Crippen molar-refractivity contribution in [2.24, 2.45) is 0 Å². The molecule has 1 atom stereocenters. The van der Waals surface area contributed by atoms with Crippen LogP contribution in [0, 0.1) is 0 Å². The molecule has 0 aliphatic rings. The molecule has 33 heavy (non-hydrogen) atoms. The van der Waals surface area contributed by atoms with Gasteiger partial charge in [0.05, 0.1) is 19.1 Å². The van der Waals surface area contributed by atoms with E-state index in [1.54, 1.807) is 24.3 Å². The van der Waals surface area contributed by atoms with Crippen molar-refractivity contribution in [3.05, 3.63) is 71.8 Å². The fraction of sp³-hybridized carbons (Fsp3) is 0.517. The van der Waals surface area contributed by atoms with Crippen LogP contribution in [0.5, 0.6) is 0 Å². The van der Waals surface area contributed by atoms with E-state index in [4.69, 9.17) is 9.47 Å². The van der Waals surface area contributed by atoms with Gasteiger partial charge in [-0.15, -0.1) is 0 Å². The predicted molar refractivity (Wildman–Crippen MR) is 133 cm³/mol. The number of ketones is 1. The van der Waals surface area contributed by atoms with Crippen molar-refractivity contribution in [2.45, 2.75) is 90.3 Å². The Bertz CT molecular complexity index is 773. The standard InChI is InChI=1S/C29H40O4/c1-2-3-4-5-6-7-8-9-16-21-27(32-23-25-17-12-10-13-18-25)22-29(31)33-24-28(30)26-19-14-11-15-20-26/h10-15,17-20,27H,2-9,16,21-24H2,1H3/t27-/m1/s1. The van der Waals surface area contributed by atoms with Crippen molar-refractivity contribution < 1.29 is 19.1 Å². The number of hydrogen-bond acceptors (Lipinski definition) is 4. The molecule has 0 spiro atoms. The molecule has 0 bridgehead atoms. The highest BCUT2D eigenvalue weighted by Crippen LogP contribution is 2.16. The smallest absolute Gasteiger partial charge is 0.308 e. The molecule has 0 unspecified atom stereocenters. The van der Waals surface area contributed by atoms with Crippen LogP contribution in [0.1, 0.15) is 93.5 Å². The summed E-state index contributed by atoms with van der Waals surface area (Å²) in [6.45, 7) is 2.48. The number of hydrogen-bond donors (Lipinski definition) is 0. The van der Waals surface area contributed by atoms with Crippen LogP contribution in [0.3, 0.4) is 0 Å². The molecular weight excluding hydrogens is 412 g/mol. The number of unbranched alkanes of at least 4 members (excludes halogenated alkanes) is 8. The lowest BCUT2D eigenvalue weighted by atomic mass is 10.0. The van der Waals surface area contributed by atoms with E-state index in [0.717, 1.165) is 24.8 Å². The summed E-state index contributed by atoms with van der Waals surface area (Å²) in [4.78, 5) is 24.6. The van der Waals surface area contributed by atoms with Crippen molar-refractivity contribution in [1.82, 2.24) is 0 Å². The van der Waals surface area contributed by atoms with Crippen molar-refractivity contribution in [2.75, 3.05) is 6.61 Å². The van der Waals surface area contributed by atoms with E-state index in [2.05, 4.69) is 6.92 Å².